The van der Waals surface area contributed by atoms with E-state index in [1.54, 1.807) is 30.3 Å². The minimum Gasteiger partial charge on any atom is -0.497 e. The number of hydrogen-bond acceptors (Lipinski definition) is 5. The third kappa shape index (κ3) is 4.53. The standard InChI is InChI=1S/C17H19N3O4/c1-11-4-5-12(9-18-11)17(22)20-15-8-13(24-3)6-7-14(15)19-16(21)10-23-2/h4-9H,10H2,1-3H3,(H,19,21)(H,20,22). The minimum atomic E-state index is -0.335. The maximum atomic E-state index is 12.4. The second-order valence-corrected chi connectivity index (χ2v) is 5.04. The number of ether oxygens (including phenoxy) is 2. The first-order valence-electron chi connectivity index (χ1n) is 7.24. The smallest absolute Gasteiger partial charge is 0.257 e. The van der Waals surface area contributed by atoms with Crippen LogP contribution in [0, 0.1) is 6.92 Å². The fourth-order valence-corrected chi connectivity index (χ4v) is 1.98. The lowest BCUT2D eigenvalue weighted by atomic mass is 10.2. The van der Waals surface area contributed by atoms with Crippen molar-refractivity contribution in [3.05, 3.63) is 47.8 Å². The monoisotopic (exact) mass is 329 g/mol. The maximum absolute atomic E-state index is 12.4. The summed E-state index contributed by atoms with van der Waals surface area (Å²) in [6.07, 6.45) is 1.49. The van der Waals surface area contributed by atoms with Crippen molar-refractivity contribution < 1.29 is 19.1 Å². The molecule has 24 heavy (non-hydrogen) atoms. The zero-order valence-electron chi connectivity index (χ0n) is 13.8. The molecule has 0 saturated carbocycles. The van der Waals surface area contributed by atoms with Crippen LogP contribution in [-0.2, 0) is 9.53 Å². The fraction of sp³-hybridized carbons (Fsp3) is 0.235. The van der Waals surface area contributed by atoms with Gasteiger partial charge in [-0.2, -0.15) is 0 Å². The molecule has 0 aliphatic carbocycles. The van der Waals surface area contributed by atoms with E-state index in [2.05, 4.69) is 15.6 Å². The summed E-state index contributed by atoms with van der Waals surface area (Å²) >= 11 is 0. The molecule has 0 aliphatic rings. The van der Waals surface area contributed by atoms with E-state index in [-0.39, 0.29) is 18.4 Å². The average Bonchev–Trinajstić information content (AvgIpc) is 2.57. The lowest BCUT2D eigenvalue weighted by molar-refractivity contribution is -0.119. The second-order valence-electron chi connectivity index (χ2n) is 5.04. The van der Waals surface area contributed by atoms with Crippen LogP contribution in [0.25, 0.3) is 0 Å². The molecule has 7 nitrogen and oxygen atoms in total. The molecular weight excluding hydrogens is 310 g/mol. The molecule has 0 atom stereocenters. The van der Waals surface area contributed by atoms with Gasteiger partial charge in [-0.05, 0) is 31.2 Å². The van der Waals surface area contributed by atoms with Crippen molar-refractivity contribution in [3.8, 4) is 5.75 Å². The molecule has 0 aliphatic heterocycles. The molecule has 126 valence electrons. The topological polar surface area (TPSA) is 89.5 Å². The van der Waals surface area contributed by atoms with Crippen molar-refractivity contribution in [3.63, 3.8) is 0 Å². The summed E-state index contributed by atoms with van der Waals surface area (Å²) in [6.45, 7) is 1.76. The largest absolute Gasteiger partial charge is 0.497 e. The first-order valence-corrected chi connectivity index (χ1v) is 7.24. The van der Waals surface area contributed by atoms with Gasteiger partial charge in [0.05, 0.1) is 24.0 Å². The highest BCUT2D eigenvalue weighted by Crippen LogP contribution is 2.27. The van der Waals surface area contributed by atoms with E-state index in [0.29, 0.717) is 22.7 Å². The molecule has 0 bridgehead atoms. The first kappa shape index (κ1) is 17.4. The Morgan fingerprint density at radius 2 is 1.88 bits per heavy atom. The highest BCUT2D eigenvalue weighted by Gasteiger charge is 2.12. The summed E-state index contributed by atoms with van der Waals surface area (Å²) in [5.41, 5.74) is 2.11. The molecule has 2 rings (SSSR count). The Labute approximate surface area is 140 Å². The average molecular weight is 329 g/mol. The van der Waals surface area contributed by atoms with Crippen LogP contribution in [-0.4, -0.2) is 37.6 Å². The molecule has 2 amide bonds. The number of hydrogen-bond donors (Lipinski definition) is 2. The summed E-state index contributed by atoms with van der Waals surface area (Å²) < 4.78 is 9.95. The molecule has 1 aromatic heterocycles. The zero-order valence-corrected chi connectivity index (χ0v) is 13.8. The van der Waals surface area contributed by atoms with Gasteiger partial charge in [0.25, 0.3) is 5.91 Å². The van der Waals surface area contributed by atoms with Crippen LogP contribution >= 0.6 is 0 Å². The van der Waals surface area contributed by atoms with Gasteiger partial charge in [0.15, 0.2) is 0 Å². The minimum absolute atomic E-state index is 0.0820. The number of carbonyl (C=O) groups excluding carboxylic acids is 2. The van der Waals surface area contributed by atoms with Gasteiger partial charge in [-0.15, -0.1) is 0 Å². The van der Waals surface area contributed by atoms with Gasteiger partial charge in [-0.1, -0.05) is 0 Å². The van der Waals surface area contributed by atoms with E-state index in [1.807, 2.05) is 6.92 Å². The Balaban J connectivity index is 2.24. The Bertz CT molecular complexity index is 729. The van der Waals surface area contributed by atoms with Crippen molar-refractivity contribution in [2.75, 3.05) is 31.5 Å². The highest BCUT2D eigenvalue weighted by atomic mass is 16.5. The Hall–Kier alpha value is -2.93. The summed E-state index contributed by atoms with van der Waals surface area (Å²) in [5.74, 6) is -0.106. The summed E-state index contributed by atoms with van der Waals surface area (Å²) in [7, 11) is 2.95. The van der Waals surface area contributed by atoms with Crippen LogP contribution < -0.4 is 15.4 Å². The third-order valence-corrected chi connectivity index (χ3v) is 3.20. The molecular formula is C17H19N3O4. The van der Waals surface area contributed by atoms with Gasteiger partial charge in [-0.25, -0.2) is 0 Å². The van der Waals surface area contributed by atoms with Gasteiger partial charge in [0, 0.05) is 25.1 Å². The molecule has 1 aromatic carbocycles. The van der Waals surface area contributed by atoms with E-state index in [1.165, 1.54) is 20.4 Å². The van der Waals surface area contributed by atoms with Crippen LogP contribution in [0.4, 0.5) is 11.4 Å². The normalized spacial score (nSPS) is 10.1. The number of pyridine rings is 1. The number of nitrogens with zero attached hydrogens (tertiary/aromatic N) is 1. The number of rotatable bonds is 6. The number of methoxy groups -OCH3 is 2. The fourth-order valence-electron chi connectivity index (χ4n) is 1.98. The Morgan fingerprint density at radius 3 is 2.50 bits per heavy atom. The molecule has 2 N–H and O–H groups in total. The van der Waals surface area contributed by atoms with Crippen molar-refractivity contribution in [1.29, 1.82) is 0 Å². The molecule has 7 heteroatoms. The van der Waals surface area contributed by atoms with Crippen molar-refractivity contribution in [2.24, 2.45) is 0 Å². The first-order chi connectivity index (χ1) is 11.5. The third-order valence-electron chi connectivity index (χ3n) is 3.20. The number of amides is 2. The summed E-state index contributed by atoms with van der Waals surface area (Å²) in [6, 6.07) is 8.39. The maximum Gasteiger partial charge on any atom is 0.257 e. The number of anilines is 2. The lowest BCUT2D eigenvalue weighted by Crippen LogP contribution is -2.19. The number of benzene rings is 1. The molecule has 0 unspecified atom stereocenters. The van der Waals surface area contributed by atoms with E-state index >= 15 is 0 Å². The van der Waals surface area contributed by atoms with Gasteiger partial charge in [-0.3, -0.25) is 14.6 Å². The molecule has 1 heterocycles. The van der Waals surface area contributed by atoms with Crippen molar-refractivity contribution in [2.45, 2.75) is 6.92 Å². The SMILES string of the molecule is COCC(=O)Nc1ccc(OC)cc1NC(=O)c1ccc(C)nc1. The Kier molecular flexibility index (Phi) is 5.86. The summed E-state index contributed by atoms with van der Waals surface area (Å²) in [4.78, 5) is 28.2. The second kappa shape index (κ2) is 8.07. The number of carbonyl (C=O) groups is 2. The lowest BCUT2D eigenvalue weighted by Gasteiger charge is -2.13. The van der Waals surface area contributed by atoms with Gasteiger partial charge < -0.3 is 20.1 Å². The van der Waals surface area contributed by atoms with Crippen molar-refractivity contribution in [1.82, 2.24) is 4.98 Å². The molecule has 0 saturated heterocycles. The van der Waals surface area contributed by atoms with Crippen LogP contribution in [0.15, 0.2) is 36.5 Å². The van der Waals surface area contributed by atoms with E-state index in [0.717, 1.165) is 5.69 Å². The predicted octanol–water partition coefficient (Wildman–Crippen LogP) is 2.24. The van der Waals surface area contributed by atoms with Crippen molar-refractivity contribution >= 4 is 23.2 Å². The Morgan fingerprint density at radius 1 is 1.08 bits per heavy atom. The van der Waals surface area contributed by atoms with E-state index in [4.69, 9.17) is 9.47 Å². The zero-order chi connectivity index (χ0) is 17.5. The predicted molar refractivity (Wildman–Crippen MR) is 90.4 cm³/mol. The number of aryl methyl sites for hydroxylation is 1. The molecule has 0 radical (unpaired) electrons. The summed E-state index contributed by atoms with van der Waals surface area (Å²) in [5, 5.41) is 5.43. The van der Waals surface area contributed by atoms with E-state index in [9.17, 15) is 9.59 Å². The molecule has 0 fully saturated rings. The van der Waals surface area contributed by atoms with Crippen LogP contribution in [0.3, 0.4) is 0 Å². The molecule has 2 aromatic rings. The quantitative estimate of drug-likeness (QED) is 0.848. The van der Waals surface area contributed by atoms with Gasteiger partial charge >= 0.3 is 0 Å². The van der Waals surface area contributed by atoms with Crippen LogP contribution in [0.5, 0.6) is 5.75 Å². The number of aromatic nitrogens is 1. The van der Waals surface area contributed by atoms with Gasteiger partial charge in [0.1, 0.15) is 12.4 Å². The molecule has 0 spiro atoms. The van der Waals surface area contributed by atoms with Gasteiger partial charge in [0.2, 0.25) is 5.91 Å². The van der Waals surface area contributed by atoms with Crippen LogP contribution in [0.2, 0.25) is 0 Å². The number of nitrogens with one attached hydrogen (secondary N) is 2. The highest BCUT2D eigenvalue weighted by molar-refractivity contribution is 6.07. The van der Waals surface area contributed by atoms with Crippen LogP contribution in [0.1, 0.15) is 16.1 Å². The van der Waals surface area contributed by atoms with E-state index < -0.39 is 0 Å².